The van der Waals surface area contributed by atoms with E-state index in [1.54, 1.807) is 25.1 Å². The summed E-state index contributed by atoms with van der Waals surface area (Å²) in [6.45, 7) is 7.59. The van der Waals surface area contributed by atoms with Crippen molar-refractivity contribution >= 4 is 28.8 Å². The van der Waals surface area contributed by atoms with Gasteiger partial charge >= 0.3 is 0 Å². The summed E-state index contributed by atoms with van der Waals surface area (Å²) in [6.07, 6.45) is 3.57. The van der Waals surface area contributed by atoms with Gasteiger partial charge in [0.05, 0.1) is 18.2 Å². The molecular formula is C30H32N2O5. The van der Waals surface area contributed by atoms with Gasteiger partial charge < -0.3 is 19.2 Å². The first-order valence-electron chi connectivity index (χ1n) is 12.7. The van der Waals surface area contributed by atoms with Crippen LogP contribution in [0, 0.1) is 20.8 Å². The van der Waals surface area contributed by atoms with E-state index in [1.807, 2.05) is 44.2 Å². The van der Waals surface area contributed by atoms with Crippen molar-refractivity contribution in [3.8, 4) is 5.75 Å². The molecule has 2 aliphatic rings. The highest BCUT2D eigenvalue weighted by atomic mass is 16.5. The van der Waals surface area contributed by atoms with Crippen LogP contribution in [-0.2, 0) is 9.59 Å². The maximum Gasteiger partial charge on any atom is 0.300 e. The SMILES string of the molecule is COc1c(C)cc(C)cc1/C(O)=C1\C(=O)C(=O)N(c2ccc(N3CCCCC3)cc2)C1c1ccc(C)o1. The predicted molar refractivity (Wildman–Crippen MR) is 143 cm³/mol. The lowest BCUT2D eigenvalue weighted by Gasteiger charge is -2.29. The van der Waals surface area contributed by atoms with E-state index in [2.05, 4.69) is 4.90 Å². The zero-order valence-corrected chi connectivity index (χ0v) is 21.7. The lowest BCUT2D eigenvalue weighted by Crippen LogP contribution is -2.30. The number of carbonyl (C=O) groups excluding carboxylic acids is 2. The van der Waals surface area contributed by atoms with Crippen molar-refractivity contribution in [3.05, 3.63) is 82.3 Å². The lowest BCUT2D eigenvalue weighted by atomic mass is 9.96. The largest absolute Gasteiger partial charge is 0.507 e. The molecular weight excluding hydrogens is 468 g/mol. The smallest absolute Gasteiger partial charge is 0.300 e. The standard InChI is InChI=1S/C30H32N2O5/c1-18-16-19(2)29(36-4)23(17-18)27(33)25-26(24-13-8-20(3)37-24)32(30(35)28(25)34)22-11-9-21(10-12-22)31-14-6-5-7-15-31/h8-13,16-17,26,33H,5-7,14-15H2,1-4H3/b27-25+. The molecule has 1 aromatic heterocycles. The van der Waals surface area contributed by atoms with E-state index in [1.165, 1.54) is 18.4 Å². The topological polar surface area (TPSA) is 83.2 Å². The molecule has 1 N–H and O–H groups in total. The summed E-state index contributed by atoms with van der Waals surface area (Å²) in [7, 11) is 1.52. The minimum atomic E-state index is -0.917. The molecule has 2 fully saturated rings. The number of rotatable bonds is 5. The number of hydrogen-bond donors (Lipinski definition) is 1. The highest BCUT2D eigenvalue weighted by molar-refractivity contribution is 6.51. The second kappa shape index (κ2) is 9.81. The predicted octanol–water partition coefficient (Wildman–Crippen LogP) is 5.83. The number of anilines is 2. The molecule has 2 aromatic carbocycles. The van der Waals surface area contributed by atoms with Crippen LogP contribution in [-0.4, -0.2) is 37.0 Å². The molecule has 2 aliphatic heterocycles. The molecule has 3 heterocycles. The van der Waals surface area contributed by atoms with Crippen molar-refractivity contribution in [2.45, 2.75) is 46.1 Å². The number of furan rings is 1. The van der Waals surface area contributed by atoms with Crippen LogP contribution in [0.4, 0.5) is 11.4 Å². The number of ether oxygens (including phenoxy) is 1. The van der Waals surface area contributed by atoms with Gasteiger partial charge in [-0.1, -0.05) is 6.07 Å². The molecule has 2 saturated heterocycles. The molecule has 0 saturated carbocycles. The van der Waals surface area contributed by atoms with E-state index in [0.29, 0.717) is 28.5 Å². The summed E-state index contributed by atoms with van der Waals surface area (Å²) < 4.78 is 11.5. The van der Waals surface area contributed by atoms with Crippen LogP contribution in [0.3, 0.4) is 0 Å². The normalized spacial score (nSPS) is 19.5. The summed E-state index contributed by atoms with van der Waals surface area (Å²) in [5.41, 5.74) is 3.71. The number of Topliss-reactive ketones (excluding diaryl/α,β-unsaturated/α-hetero) is 1. The molecule has 1 atom stereocenters. The Morgan fingerprint density at radius 1 is 0.946 bits per heavy atom. The van der Waals surface area contributed by atoms with Crippen LogP contribution in [0.1, 0.15) is 53.5 Å². The quantitative estimate of drug-likeness (QED) is 0.270. The van der Waals surface area contributed by atoms with Gasteiger partial charge in [0, 0.05) is 24.5 Å². The van der Waals surface area contributed by atoms with Gasteiger partial charge in [-0.25, -0.2) is 0 Å². The average Bonchev–Trinajstić information content (AvgIpc) is 3.44. The van der Waals surface area contributed by atoms with Crippen LogP contribution in [0.15, 0.2) is 58.5 Å². The number of aliphatic hydroxyl groups excluding tert-OH is 1. The van der Waals surface area contributed by atoms with Crippen LogP contribution in [0.2, 0.25) is 0 Å². The van der Waals surface area contributed by atoms with Crippen LogP contribution in [0.25, 0.3) is 5.76 Å². The molecule has 0 spiro atoms. The second-order valence-electron chi connectivity index (χ2n) is 9.84. The van der Waals surface area contributed by atoms with E-state index in [-0.39, 0.29) is 11.3 Å². The van der Waals surface area contributed by atoms with Crippen molar-refractivity contribution in [2.24, 2.45) is 0 Å². The number of hydrogen-bond acceptors (Lipinski definition) is 6. The maximum absolute atomic E-state index is 13.5. The lowest BCUT2D eigenvalue weighted by molar-refractivity contribution is -0.132. The molecule has 1 amide bonds. The highest BCUT2D eigenvalue weighted by Crippen LogP contribution is 2.44. The molecule has 1 unspecified atom stereocenters. The van der Waals surface area contributed by atoms with E-state index in [9.17, 15) is 14.7 Å². The molecule has 37 heavy (non-hydrogen) atoms. The first kappa shape index (κ1) is 24.7. The Hall–Kier alpha value is -4.00. The third-order valence-corrected chi connectivity index (χ3v) is 7.20. The Kier molecular flexibility index (Phi) is 6.54. The fraction of sp³-hybridized carbons (Fsp3) is 0.333. The molecule has 0 radical (unpaired) electrons. The summed E-state index contributed by atoms with van der Waals surface area (Å²) in [6, 6.07) is 14.0. The third kappa shape index (κ3) is 4.39. The molecule has 0 bridgehead atoms. The van der Waals surface area contributed by atoms with Gasteiger partial charge in [0.1, 0.15) is 29.1 Å². The summed E-state index contributed by atoms with van der Waals surface area (Å²) in [5, 5.41) is 11.5. The monoisotopic (exact) mass is 500 g/mol. The summed E-state index contributed by atoms with van der Waals surface area (Å²) >= 11 is 0. The van der Waals surface area contributed by atoms with E-state index >= 15 is 0 Å². The minimum Gasteiger partial charge on any atom is -0.507 e. The van der Waals surface area contributed by atoms with Crippen molar-refractivity contribution in [2.75, 3.05) is 30.0 Å². The van der Waals surface area contributed by atoms with Gasteiger partial charge in [0.2, 0.25) is 0 Å². The van der Waals surface area contributed by atoms with Crippen LogP contribution < -0.4 is 14.5 Å². The van der Waals surface area contributed by atoms with Crippen LogP contribution in [0.5, 0.6) is 5.75 Å². The van der Waals surface area contributed by atoms with E-state index in [0.717, 1.165) is 42.7 Å². The zero-order chi connectivity index (χ0) is 26.3. The molecule has 7 heteroatoms. The van der Waals surface area contributed by atoms with Gasteiger partial charge in [0.15, 0.2) is 0 Å². The van der Waals surface area contributed by atoms with Gasteiger partial charge in [0.25, 0.3) is 11.7 Å². The van der Waals surface area contributed by atoms with Gasteiger partial charge in [-0.05, 0) is 93.6 Å². The van der Waals surface area contributed by atoms with Crippen molar-refractivity contribution in [1.29, 1.82) is 0 Å². The Labute approximate surface area is 216 Å². The molecule has 7 nitrogen and oxygen atoms in total. The molecule has 5 rings (SSSR count). The number of carbonyl (C=O) groups is 2. The number of nitrogens with zero attached hydrogens (tertiary/aromatic N) is 2. The Balaban J connectivity index is 1.64. The first-order chi connectivity index (χ1) is 17.8. The third-order valence-electron chi connectivity index (χ3n) is 7.20. The number of methoxy groups -OCH3 is 1. The van der Waals surface area contributed by atoms with Gasteiger partial charge in [-0.2, -0.15) is 0 Å². The number of piperidine rings is 1. The zero-order valence-electron chi connectivity index (χ0n) is 21.7. The van der Waals surface area contributed by atoms with E-state index < -0.39 is 17.7 Å². The fourth-order valence-electron chi connectivity index (χ4n) is 5.49. The van der Waals surface area contributed by atoms with Gasteiger partial charge in [-0.3, -0.25) is 14.5 Å². The number of ketones is 1. The fourth-order valence-corrected chi connectivity index (χ4v) is 5.49. The molecule has 0 aliphatic carbocycles. The highest BCUT2D eigenvalue weighted by Gasteiger charge is 2.48. The van der Waals surface area contributed by atoms with Crippen molar-refractivity contribution in [3.63, 3.8) is 0 Å². The second-order valence-corrected chi connectivity index (χ2v) is 9.84. The summed E-state index contributed by atoms with van der Waals surface area (Å²) in [5.74, 6) is -0.262. The minimum absolute atomic E-state index is 0.0252. The number of benzene rings is 2. The molecule has 192 valence electrons. The number of aliphatic hydroxyl groups is 1. The maximum atomic E-state index is 13.5. The first-order valence-corrected chi connectivity index (χ1v) is 12.7. The van der Waals surface area contributed by atoms with Crippen molar-refractivity contribution in [1.82, 2.24) is 0 Å². The Morgan fingerprint density at radius 3 is 2.24 bits per heavy atom. The number of aryl methyl sites for hydroxylation is 3. The Bertz CT molecular complexity index is 1380. The Morgan fingerprint density at radius 2 is 1.62 bits per heavy atom. The van der Waals surface area contributed by atoms with Crippen molar-refractivity contribution < 1.29 is 23.8 Å². The van der Waals surface area contributed by atoms with E-state index in [4.69, 9.17) is 9.15 Å². The van der Waals surface area contributed by atoms with Crippen LogP contribution >= 0.6 is 0 Å². The summed E-state index contributed by atoms with van der Waals surface area (Å²) in [4.78, 5) is 30.7. The average molecular weight is 501 g/mol. The molecule has 3 aromatic rings. The van der Waals surface area contributed by atoms with Gasteiger partial charge in [-0.15, -0.1) is 0 Å². The number of amides is 1.